The van der Waals surface area contributed by atoms with Crippen LogP contribution in [0.4, 0.5) is 18.9 Å². The van der Waals surface area contributed by atoms with Crippen molar-refractivity contribution in [2.24, 2.45) is 0 Å². The van der Waals surface area contributed by atoms with E-state index in [2.05, 4.69) is 10.8 Å². The van der Waals surface area contributed by atoms with Crippen molar-refractivity contribution >= 4 is 28.8 Å². The number of rotatable bonds is 4. The van der Waals surface area contributed by atoms with Crippen molar-refractivity contribution in [2.45, 2.75) is 24.6 Å². The number of anilines is 1. The molecule has 2 aliphatic heterocycles. The monoisotopic (exact) mass is 465 g/mol. The third kappa shape index (κ3) is 5.14. The van der Waals surface area contributed by atoms with Crippen molar-refractivity contribution in [1.29, 1.82) is 0 Å². The van der Waals surface area contributed by atoms with Crippen LogP contribution in [0.25, 0.3) is 5.70 Å². The fourth-order valence-corrected chi connectivity index (χ4v) is 3.84. The second-order valence-corrected chi connectivity index (χ2v) is 7.94. The van der Waals surface area contributed by atoms with E-state index in [1.54, 1.807) is 12.2 Å². The van der Waals surface area contributed by atoms with Gasteiger partial charge in [0.15, 0.2) is 0 Å². The van der Waals surface area contributed by atoms with Gasteiger partial charge in [0, 0.05) is 24.8 Å². The molecule has 2 heterocycles. The summed E-state index contributed by atoms with van der Waals surface area (Å²) in [6, 6.07) is 12.4. The molecule has 2 aromatic carbocycles. The largest absolute Gasteiger partial charge is 0.497 e. The molecule has 2 aliphatic rings. The van der Waals surface area contributed by atoms with Gasteiger partial charge in [-0.15, -0.1) is 5.06 Å². The first-order valence-electron chi connectivity index (χ1n) is 9.99. The van der Waals surface area contributed by atoms with Crippen LogP contribution in [0.3, 0.4) is 0 Å². The second kappa shape index (κ2) is 8.97. The molecule has 0 bridgehead atoms. The smallest absolute Gasteiger partial charge is 0.416 e. The predicted octanol–water partition coefficient (Wildman–Crippen LogP) is 4.75. The van der Waals surface area contributed by atoms with Crippen molar-refractivity contribution < 1.29 is 27.6 Å². The van der Waals surface area contributed by atoms with Crippen molar-refractivity contribution in [3.05, 3.63) is 65.7 Å². The molecule has 0 radical (unpaired) electrons. The van der Waals surface area contributed by atoms with E-state index in [9.17, 15) is 13.2 Å². The fraction of sp³-hybridized carbons (Fsp3) is 0.318. The van der Waals surface area contributed by atoms with Crippen LogP contribution in [-0.4, -0.2) is 36.0 Å². The minimum absolute atomic E-state index is 0.223. The van der Waals surface area contributed by atoms with E-state index in [-0.39, 0.29) is 5.17 Å². The number of thiocarbonyl (C=S) groups is 1. The van der Waals surface area contributed by atoms with E-state index in [1.807, 2.05) is 30.3 Å². The Labute approximate surface area is 188 Å². The van der Waals surface area contributed by atoms with Crippen molar-refractivity contribution in [3.8, 4) is 5.75 Å². The first-order chi connectivity index (χ1) is 15.3. The van der Waals surface area contributed by atoms with Crippen LogP contribution in [0.5, 0.6) is 5.75 Å². The normalized spacial score (nSPS) is 18.1. The van der Waals surface area contributed by atoms with Gasteiger partial charge < -0.3 is 14.9 Å². The average molecular weight is 465 g/mol. The Kier molecular flexibility index (Phi) is 6.27. The minimum atomic E-state index is -4.36. The summed E-state index contributed by atoms with van der Waals surface area (Å²) in [6.45, 7) is 1.14. The molecule has 2 aromatic rings. The number of ether oxygens (including phenoxy) is 1. The van der Waals surface area contributed by atoms with Gasteiger partial charge >= 0.3 is 6.18 Å². The molecule has 1 saturated heterocycles. The van der Waals surface area contributed by atoms with Crippen LogP contribution in [0.2, 0.25) is 0 Å². The number of nitrogens with one attached hydrogen (secondary N) is 2. The maximum Gasteiger partial charge on any atom is 0.416 e. The van der Waals surface area contributed by atoms with Crippen molar-refractivity contribution in [1.82, 2.24) is 10.5 Å². The van der Waals surface area contributed by atoms with Gasteiger partial charge in [0.05, 0.1) is 18.4 Å². The molecule has 0 aliphatic carbocycles. The summed E-state index contributed by atoms with van der Waals surface area (Å²) >= 11 is 5.29. The molecule has 2 N–H and O–H groups in total. The van der Waals surface area contributed by atoms with Gasteiger partial charge in [0.25, 0.3) is 5.17 Å². The molecule has 6 nitrogen and oxygen atoms in total. The number of hydroxylamine groups is 3. The highest BCUT2D eigenvalue weighted by atomic mass is 32.1. The first-order valence-corrected chi connectivity index (χ1v) is 10.4. The predicted molar refractivity (Wildman–Crippen MR) is 117 cm³/mol. The van der Waals surface area contributed by atoms with E-state index < -0.39 is 17.3 Å². The molecule has 0 unspecified atom stereocenters. The molecule has 0 aromatic heterocycles. The number of halogens is 3. The molecule has 170 valence electrons. The van der Waals surface area contributed by atoms with Crippen LogP contribution in [0.15, 0.2) is 54.6 Å². The van der Waals surface area contributed by atoms with Crippen LogP contribution < -0.4 is 15.5 Å². The van der Waals surface area contributed by atoms with E-state index in [0.29, 0.717) is 42.9 Å². The van der Waals surface area contributed by atoms with Gasteiger partial charge in [-0.2, -0.15) is 13.2 Å². The summed E-state index contributed by atoms with van der Waals surface area (Å²) in [5.74, 6) is 0.708. The highest BCUT2D eigenvalue weighted by Crippen LogP contribution is 2.36. The summed E-state index contributed by atoms with van der Waals surface area (Å²) in [7, 11) is 1.59. The molecular formula is C22H22F3N3O3S. The number of benzene rings is 2. The SMILES string of the molecule is COc1cccc(NC(=S)ON2CCC3(C=C(c4ccc(C(F)(F)F)cc4)NO3)CC2)c1. The molecule has 1 spiro atoms. The summed E-state index contributed by atoms with van der Waals surface area (Å²) < 4.78 is 43.5. The lowest BCUT2D eigenvalue weighted by Crippen LogP contribution is -2.45. The summed E-state index contributed by atoms with van der Waals surface area (Å²) in [6.07, 6.45) is -1.17. The standard InChI is InChI=1S/C22H22F3N3O3S/c1-29-18-4-2-3-17(13-18)26-20(32)30-28-11-9-21(10-12-28)14-19(27-31-21)15-5-7-16(8-6-15)22(23,24)25/h2-8,13-14,27H,9-12H2,1H3,(H,26,32). The maximum atomic E-state index is 12.8. The van der Waals surface area contributed by atoms with E-state index in [0.717, 1.165) is 17.8 Å². The highest BCUT2D eigenvalue weighted by molar-refractivity contribution is 7.80. The summed E-state index contributed by atoms with van der Waals surface area (Å²) in [5, 5.41) is 5.00. The molecular weight excluding hydrogens is 443 g/mol. The minimum Gasteiger partial charge on any atom is -0.497 e. The van der Waals surface area contributed by atoms with Gasteiger partial charge in [-0.05, 0) is 61.0 Å². The van der Waals surface area contributed by atoms with Gasteiger partial charge in [-0.25, -0.2) is 0 Å². The zero-order valence-corrected chi connectivity index (χ0v) is 18.1. The Morgan fingerprint density at radius 1 is 1.16 bits per heavy atom. The Bertz CT molecular complexity index is 1000. The second-order valence-electron chi connectivity index (χ2n) is 7.57. The van der Waals surface area contributed by atoms with Crippen LogP contribution in [-0.2, 0) is 15.9 Å². The Hall–Kier alpha value is -2.82. The van der Waals surface area contributed by atoms with E-state index in [1.165, 1.54) is 12.1 Å². The lowest BCUT2D eigenvalue weighted by Gasteiger charge is -2.35. The van der Waals surface area contributed by atoms with Crippen LogP contribution in [0.1, 0.15) is 24.0 Å². The molecule has 32 heavy (non-hydrogen) atoms. The van der Waals surface area contributed by atoms with E-state index >= 15 is 0 Å². The van der Waals surface area contributed by atoms with Gasteiger partial charge in [-0.1, -0.05) is 18.2 Å². The lowest BCUT2D eigenvalue weighted by atomic mass is 9.91. The van der Waals surface area contributed by atoms with E-state index in [4.69, 9.17) is 26.6 Å². The topological polar surface area (TPSA) is 55.0 Å². The fourth-order valence-electron chi connectivity index (χ4n) is 3.62. The lowest BCUT2D eigenvalue weighted by molar-refractivity contribution is -0.142. The number of hydrogen-bond acceptors (Lipinski definition) is 6. The van der Waals surface area contributed by atoms with Gasteiger partial charge in [-0.3, -0.25) is 10.3 Å². The van der Waals surface area contributed by atoms with Crippen molar-refractivity contribution in [3.63, 3.8) is 0 Å². The number of piperidine rings is 1. The van der Waals surface area contributed by atoms with Crippen LogP contribution in [0, 0.1) is 0 Å². The molecule has 0 atom stereocenters. The molecule has 0 amide bonds. The maximum absolute atomic E-state index is 12.8. The average Bonchev–Trinajstić information content (AvgIpc) is 3.19. The first kappa shape index (κ1) is 22.4. The van der Waals surface area contributed by atoms with Gasteiger partial charge in [0.2, 0.25) is 0 Å². The number of methoxy groups -OCH3 is 1. The van der Waals surface area contributed by atoms with Crippen LogP contribution >= 0.6 is 12.2 Å². The molecule has 1 fully saturated rings. The van der Waals surface area contributed by atoms with Gasteiger partial charge in [0.1, 0.15) is 11.4 Å². The Balaban J connectivity index is 1.32. The number of alkyl halides is 3. The molecule has 10 heteroatoms. The zero-order chi connectivity index (χ0) is 22.8. The Morgan fingerprint density at radius 2 is 1.88 bits per heavy atom. The Morgan fingerprint density at radius 3 is 2.53 bits per heavy atom. The number of nitrogens with zero attached hydrogens (tertiary/aromatic N) is 1. The summed E-state index contributed by atoms with van der Waals surface area (Å²) in [5.41, 5.74) is 3.69. The number of hydrogen-bond donors (Lipinski definition) is 2. The molecule has 4 rings (SSSR count). The highest BCUT2D eigenvalue weighted by Gasteiger charge is 2.40. The summed E-state index contributed by atoms with van der Waals surface area (Å²) in [4.78, 5) is 11.5. The zero-order valence-electron chi connectivity index (χ0n) is 17.2. The third-order valence-electron chi connectivity index (χ3n) is 5.39. The van der Waals surface area contributed by atoms with Crippen molar-refractivity contribution in [2.75, 3.05) is 25.5 Å². The quantitative estimate of drug-likeness (QED) is 0.632. The third-order valence-corrected chi connectivity index (χ3v) is 5.57. The molecule has 0 saturated carbocycles.